The van der Waals surface area contributed by atoms with Crippen LogP contribution in [0.1, 0.15) is 21.6 Å². The second-order valence-electron chi connectivity index (χ2n) is 6.32. The van der Waals surface area contributed by atoms with Crippen molar-refractivity contribution in [1.29, 1.82) is 0 Å². The monoisotopic (exact) mass is 409 g/mol. The molecule has 0 aliphatic heterocycles. The zero-order chi connectivity index (χ0) is 20.2. The molecule has 0 aliphatic carbocycles. The fraction of sp³-hybridized carbons (Fsp3) is 0.150. The minimum atomic E-state index is -0.405. The van der Waals surface area contributed by atoms with E-state index < -0.39 is 5.78 Å². The van der Waals surface area contributed by atoms with Crippen molar-refractivity contribution < 1.29 is 19.0 Å². The van der Waals surface area contributed by atoms with Gasteiger partial charge in [0, 0.05) is 35.8 Å². The van der Waals surface area contributed by atoms with Crippen LogP contribution in [0.5, 0.6) is 5.88 Å². The van der Waals surface area contributed by atoms with Crippen LogP contribution >= 0.6 is 11.6 Å². The minimum absolute atomic E-state index is 0.0514. The summed E-state index contributed by atoms with van der Waals surface area (Å²) in [6.45, 7) is 0.239. The number of carbonyl (C=O) groups excluding carboxylic acids is 1. The van der Waals surface area contributed by atoms with E-state index in [1.54, 1.807) is 53.6 Å². The Kier molecular flexibility index (Phi) is 5.46. The second-order valence-corrected chi connectivity index (χ2v) is 6.71. The van der Waals surface area contributed by atoms with Gasteiger partial charge < -0.3 is 9.84 Å². The molecule has 0 saturated carbocycles. The largest absolute Gasteiger partial charge is 0.839 e. The average Bonchev–Trinajstić information content (AvgIpc) is 3.02. The highest BCUT2D eigenvalue weighted by atomic mass is 35.5. The van der Waals surface area contributed by atoms with Gasteiger partial charge in [0.2, 0.25) is 11.5 Å². The van der Waals surface area contributed by atoms with Crippen molar-refractivity contribution in [2.75, 3.05) is 6.61 Å². The Hall–Kier alpha value is -3.36. The van der Waals surface area contributed by atoms with E-state index in [-0.39, 0.29) is 24.8 Å². The van der Waals surface area contributed by atoms with Crippen molar-refractivity contribution in [2.45, 2.75) is 13.2 Å². The first kappa shape index (κ1) is 19.0. The minimum Gasteiger partial charge on any atom is -0.839 e. The number of nitrogens with zero attached hydrogens (tertiary/aromatic N) is 5. The maximum Gasteiger partial charge on any atom is 0.286 e. The zero-order valence-electron chi connectivity index (χ0n) is 15.2. The molecule has 0 radical (unpaired) electrons. The first-order valence-electron chi connectivity index (χ1n) is 8.78. The highest BCUT2D eigenvalue weighted by molar-refractivity contribution is 6.29. The fourth-order valence-electron chi connectivity index (χ4n) is 3.02. The van der Waals surface area contributed by atoms with Gasteiger partial charge in [-0.3, -0.25) is 4.79 Å². The third kappa shape index (κ3) is 4.08. The summed E-state index contributed by atoms with van der Waals surface area (Å²) in [6, 6.07) is 8.80. The van der Waals surface area contributed by atoms with Gasteiger partial charge in [-0.25, -0.2) is 23.9 Å². The highest BCUT2D eigenvalue weighted by Gasteiger charge is 2.26. The molecule has 146 valence electrons. The van der Waals surface area contributed by atoms with E-state index in [4.69, 9.17) is 16.3 Å². The van der Waals surface area contributed by atoms with Gasteiger partial charge in [-0.15, -0.1) is 0 Å². The lowest BCUT2D eigenvalue weighted by atomic mass is 10.2. The van der Waals surface area contributed by atoms with E-state index in [1.807, 2.05) is 6.07 Å². The Morgan fingerprint density at radius 1 is 1.14 bits per heavy atom. The van der Waals surface area contributed by atoms with Crippen molar-refractivity contribution >= 4 is 23.0 Å². The summed E-state index contributed by atoms with van der Waals surface area (Å²) in [5.74, 6) is -0.795. The maximum absolute atomic E-state index is 12.9. The van der Waals surface area contributed by atoms with Crippen LogP contribution < -0.4 is 9.51 Å². The van der Waals surface area contributed by atoms with E-state index >= 15 is 0 Å². The number of carbonyl (C=O) groups is 1. The van der Waals surface area contributed by atoms with Crippen molar-refractivity contribution in [3.63, 3.8) is 0 Å². The van der Waals surface area contributed by atoms with E-state index in [0.29, 0.717) is 17.3 Å². The molecule has 0 fully saturated rings. The Bertz CT molecular complexity index is 1150. The fourth-order valence-corrected chi connectivity index (χ4v) is 3.13. The van der Waals surface area contributed by atoms with Gasteiger partial charge in [0.15, 0.2) is 0 Å². The van der Waals surface area contributed by atoms with Crippen LogP contribution in [0.2, 0.25) is 5.15 Å². The summed E-state index contributed by atoms with van der Waals surface area (Å²) < 4.78 is 8.60. The molecule has 0 unspecified atom stereocenters. The molecule has 4 aromatic heterocycles. The number of hydrogen-bond donors (Lipinski definition) is 0. The van der Waals surface area contributed by atoms with Gasteiger partial charge >= 0.3 is 0 Å². The normalized spacial score (nSPS) is 11.1. The predicted octanol–water partition coefficient (Wildman–Crippen LogP) is 1.59. The molecule has 0 aliphatic rings. The zero-order valence-corrected chi connectivity index (χ0v) is 16.0. The van der Waals surface area contributed by atoms with Gasteiger partial charge in [-0.2, -0.15) is 0 Å². The lowest BCUT2D eigenvalue weighted by Crippen LogP contribution is -2.24. The van der Waals surface area contributed by atoms with Gasteiger partial charge in [0.1, 0.15) is 30.5 Å². The van der Waals surface area contributed by atoms with Crippen molar-refractivity contribution in [3.8, 4) is 5.88 Å². The van der Waals surface area contributed by atoms with E-state index in [9.17, 15) is 9.90 Å². The van der Waals surface area contributed by atoms with E-state index in [0.717, 1.165) is 11.1 Å². The molecule has 8 nitrogen and oxygen atoms in total. The summed E-state index contributed by atoms with van der Waals surface area (Å²) in [5, 5.41) is 13.3. The quantitative estimate of drug-likeness (QED) is 0.261. The first-order valence-corrected chi connectivity index (χ1v) is 9.16. The topological polar surface area (TPSA) is 97.1 Å². The van der Waals surface area contributed by atoms with Gasteiger partial charge in [-0.1, -0.05) is 23.7 Å². The number of aromatic nitrogens is 5. The number of ether oxygens (including phenoxy) is 1. The summed E-state index contributed by atoms with van der Waals surface area (Å²) >= 11 is 5.85. The third-order valence-electron chi connectivity index (χ3n) is 4.32. The number of halogens is 1. The number of ketones is 1. The molecule has 0 N–H and O–H groups in total. The number of imidazole rings is 1. The van der Waals surface area contributed by atoms with Crippen LogP contribution in [0.15, 0.2) is 61.4 Å². The number of fused-ring (bicyclic) bond motifs is 1. The van der Waals surface area contributed by atoms with Crippen LogP contribution in [0.4, 0.5) is 0 Å². The highest BCUT2D eigenvalue weighted by Crippen LogP contribution is 2.18. The van der Waals surface area contributed by atoms with Crippen LogP contribution in [0, 0.1) is 0 Å². The van der Waals surface area contributed by atoms with Crippen molar-refractivity contribution in [3.05, 3.63) is 83.4 Å². The average molecular weight is 410 g/mol. The molecule has 0 aromatic carbocycles. The predicted molar refractivity (Wildman–Crippen MR) is 101 cm³/mol. The molecule has 0 amide bonds. The Morgan fingerprint density at radius 2 is 1.97 bits per heavy atom. The molecule has 4 aromatic rings. The molecule has 9 heteroatoms. The number of pyridine rings is 2. The number of Topliss-reactive ketones (excluding diaryl/α,β-unsaturated/α-hetero) is 1. The standard InChI is InChI=1S/C20H16ClN5O3/c21-17-5-4-14(9-24-17)10-26-18-3-1-2-6-25(18)20(28)19(26)16(27)12-29-11-15-7-22-13-23-8-15/h1-9,13H,10-12H2. The number of hydrogen-bond acceptors (Lipinski definition) is 6. The molecule has 4 heterocycles. The van der Waals surface area contributed by atoms with E-state index in [1.165, 1.54) is 10.7 Å². The SMILES string of the molecule is O=C(COCc1cncnc1)c1c([O-])[n+]2ccccc2n1Cc1ccc(Cl)nc1. The smallest absolute Gasteiger partial charge is 0.286 e. The van der Waals surface area contributed by atoms with Gasteiger partial charge in [0.05, 0.1) is 12.8 Å². The molecule has 29 heavy (non-hydrogen) atoms. The molecule has 0 bridgehead atoms. The van der Waals surface area contributed by atoms with Gasteiger partial charge in [-0.05, 0) is 12.1 Å². The Morgan fingerprint density at radius 3 is 2.72 bits per heavy atom. The maximum atomic E-state index is 12.9. The Balaban J connectivity index is 1.62. The molecular formula is C20H16ClN5O3. The van der Waals surface area contributed by atoms with Crippen molar-refractivity contribution in [1.82, 2.24) is 19.5 Å². The molecular weight excluding hydrogens is 394 g/mol. The second kappa shape index (κ2) is 8.34. The number of rotatable bonds is 7. The van der Waals surface area contributed by atoms with E-state index in [2.05, 4.69) is 15.0 Å². The summed E-state index contributed by atoms with van der Waals surface area (Å²) in [5.41, 5.74) is 2.21. The van der Waals surface area contributed by atoms with Crippen LogP contribution in [0.25, 0.3) is 5.65 Å². The third-order valence-corrected chi connectivity index (χ3v) is 4.54. The van der Waals surface area contributed by atoms with Crippen LogP contribution in [0.3, 0.4) is 0 Å². The molecule has 0 saturated heterocycles. The van der Waals surface area contributed by atoms with Gasteiger partial charge in [0.25, 0.3) is 5.65 Å². The summed E-state index contributed by atoms with van der Waals surface area (Å²) in [7, 11) is 0. The molecule has 0 spiro atoms. The van der Waals surface area contributed by atoms with Crippen LogP contribution in [-0.2, 0) is 17.9 Å². The molecule has 4 rings (SSSR count). The summed E-state index contributed by atoms with van der Waals surface area (Å²) in [6.07, 6.45) is 7.88. The lowest BCUT2D eigenvalue weighted by molar-refractivity contribution is -0.582. The van der Waals surface area contributed by atoms with Crippen molar-refractivity contribution in [2.24, 2.45) is 0 Å². The first-order chi connectivity index (χ1) is 14.1. The summed E-state index contributed by atoms with van der Waals surface area (Å²) in [4.78, 5) is 24.7. The molecule has 0 atom stereocenters. The van der Waals surface area contributed by atoms with Crippen LogP contribution in [-0.4, -0.2) is 31.9 Å². The Labute approximate surface area is 171 Å². The lowest BCUT2D eigenvalue weighted by Gasteiger charge is -2.07.